The average Bonchev–Trinajstić information content (AvgIpc) is 2.65. The molecule has 2 nitrogen and oxygen atoms in total. The molecule has 15 heavy (non-hydrogen) atoms. The topological polar surface area (TPSA) is 21.3 Å². The van der Waals surface area contributed by atoms with Gasteiger partial charge in [-0.3, -0.25) is 0 Å². The zero-order valence-electron chi connectivity index (χ0n) is 9.24. The van der Waals surface area contributed by atoms with Gasteiger partial charge in [0.05, 0.1) is 0 Å². The predicted octanol–water partition coefficient (Wildman–Crippen LogP) is 2.97. The summed E-state index contributed by atoms with van der Waals surface area (Å²) in [7, 11) is 0. The number of hydrogen-bond donors (Lipinski definition) is 1. The molecule has 2 unspecified atom stereocenters. The Bertz CT molecular complexity index is 265. The van der Waals surface area contributed by atoms with Gasteiger partial charge in [-0.05, 0) is 48.6 Å². The van der Waals surface area contributed by atoms with E-state index in [0.717, 1.165) is 19.6 Å². The van der Waals surface area contributed by atoms with Gasteiger partial charge in [0.15, 0.2) is 0 Å². The lowest BCUT2D eigenvalue weighted by atomic mass is 10.1. The quantitative estimate of drug-likeness (QED) is 0.854. The first-order valence-electron chi connectivity index (χ1n) is 5.72. The van der Waals surface area contributed by atoms with Crippen molar-refractivity contribution < 1.29 is 4.74 Å². The molecule has 1 aliphatic rings. The molecule has 2 heterocycles. The van der Waals surface area contributed by atoms with Crippen molar-refractivity contribution in [3.63, 3.8) is 0 Å². The van der Waals surface area contributed by atoms with Gasteiger partial charge in [0, 0.05) is 25.3 Å². The smallest absolute Gasteiger partial charge is 0.0480 e. The molecule has 2 atom stereocenters. The summed E-state index contributed by atoms with van der Waals surface area (Å²) in [6, 6.07) is 3.30. The number of thiophene rings is 1. The standard InChI is InChI=1S/C12H19NOS/c1-10(11-5-8-15-9-11)13-12-3-2-6-14-7-4-12/h5,8-10,12-13H,2-4,6-7H2,1H3. The van der Waals surface area contributed by atoms with Crippen LogP contribution in [0.4, 0.5) is 0 Å². The molecule has 1 aromatic rings. The van der Waals surface area contributed by atoms with Crippen molar-refractivity contribution in [2.24, 2.45) is 0 Å². The van der Waals surface area contributed by atoms with Gasteiger partial charge in [-0.2, -0.15) is 11.3 Å². The van der Waals surface area contributed by atoms with E-state index in [1.165, 1.54) is 18.4 Å². The predicted molar refractivity (Wildman–Crippen MR) is 64.3 cm³/mol. The minimum Gasteiger partial charge on any atom is -0.381 e. The van der Waals surface area contributed by atoms with Crippen LogP contribution in [0.2, 0.25) is 0 Å². The third kappa shape index (κ3) is 3.30. The molecular formula is C12H19NOS. The van der Waals surface area contributed by atoms with Crippen LogP contribution in [0.25, 0.3) is 0 Å². The van der Waals surface area contributed by atoms with Crippen molar-refractivity contribution in [1.29, 1.82) is 0 Å². The maximum absolute atomic E-state index is 5.46. The summed E-state index contributed by atoms with van der Waals surface area (Å²) in [5.74, 6) is 0. The summed E-state index contributed by atoms with van der Waals surface area (Å²) in [6.07, 6.45) is 3.58. The van der Waals surface area contributed by atoms with Crippen molar-refractivity contribution in [1.82, 2.24) is 5.32 Å². The first kappa shape index (κ1) is 11.1. The molecule has 84 valence electrons. The molecule has 0 bridgehead atoms. The molecule has 1 N–H and O–H groups in total. The van der Waals surface area contributed by atoms with Gasteiger partial charge < -0.3 is 10.1 Å². The molecule has 0 amide bonds. The molecule has 0 aromatic carbocycles. The highest BCUT2D eigenvalue weighted by Crippen LogP contribution is 2.18. The van der Waals surface area contributed by atoms with E-state index in [2.05, 4.69) is 29.1 Å². The van der Waals surface area contributed by atoms with Gasteiger partial charge >= 0.3 is 0 Å². The molecule has 2 rings (SSSR count). The maximum atomic E-state index is 5.46. The van der Waals surface area contributed by atoms with Gasteiger partial charge in [0.25, 0.3) is 0 Å². The van der Waals surface area contributed by atoms with Gasteiger partial charge in [0.1, 0.15) is 0 Å². The fraction of sp³-hybridized carbons (Fsp3) is 0.667. The number of hydrogen-bond acceptors (Lipinski definition) is 3. The normalized spacial score (nSPS) is 24.7. The molecule has 0 radical (unpaired) electrons. The summed E-state index contributed by atoms with van der Waals surface area (Å²) in [6.45, 7) is 4.09. The molecule has 1 saturated heterocycles. The molecule has 1 aromatic heterocycles. The van der Waals surface area contributed by atoms with Crippen molar-refractivity contribution in [2.45, 2.75) is 38.3 Å². The van der Waals surface area contributed by atoms with Crippen LogP contribution < -0.4 is 5.32 Å². The lowest BCUT2D eigenvalue weighted by Crippen LogP contribution is -2.31. The molecule has 0 saturated carbocycles. The van der Waals surface area contributed by atoms with Gasteiger partial charge in [-0.15, -0.1) is 0 Å². The Morgan fingerprint density at radius 1 is 1.47 bits per heavy atom. The van der Waals surface area contributed by atoms with E-state index in [0.29, 0.717) is 12.1 Å². The summed E-state index contributed by atoms with van der Waals surface area (Å²) in [5.41, 5.74) is 1.41. The first-order chi connectivity index (χ1) is 7.36. The summed E-state index contributed by atoms with van der Waals surface area (Å²) < 4.78 is 5.46. The van der Waals surface area contributed by atoms with E-state index < -0.39 is 0 Å². The Hall–Kier alpha value is -0.380. The zero-order chi connectivity index (χ0) is 10.5. The van der Waals surface area contributed by atoms with Crippen LogP contribution in [0.1, 0.15) is 37.8 Å². The fourth-order valence-corrected chi connectivity index (χ4v) is 2.80. The Morgan fingerprint density at radius 3 is 3.20 bits per heavy atom. The lowest BCUT2D eigenvalue weighted by molar-refractivity contribution is 0.142. The Morgan fingerprint density at radius 2 is 2.40 bits per heavy atom. The van der Waals surface area contributed by atoms with Crippen molar-refractivity contribution in [3.05, 3.63) is 22.4 Å². The Labute approximate surface area is 95.6 Å². The second kappa shape index (κ2) is 5.64. The molecular weight excluding hydrogens is 206 g/mol. The van der Waals surface area contributed by atoms with Crippen LogP contribution >= 0.6 is 11.3 Å². The van der Waals surface area contributed by atoms with Crippen LogP contribution in [-0.4, -0.2) is 19.3 Å². The lowest BCUT2D eigenvalue weighted by Gasteiger charge is -2.20. The Balaban J connectivity index is 1.84. The van der Waals surface area contributed by atoms with Crippen LogP contribution in [0, 0.1) is 0 Å². The minimum absolute atomic E-state index is 0.472. The Kier molecular flexibility index (Phi) is 4.18. The number of ether oxygens (including phenoxy) is 1. The van der Waals surface area contributed by atoms with E-state index in [1.54, 1.807) is 11.3 Å². The van der Waals surface area contributed by atoms with Gasteiger partial charge in [0.2, 0.25) is 0 Å². The molecule has 3 heteroatoms. The molecule has 1 fully saturated rings. The van der Waals surface area contributed by atoms with Crippen LogP contribution in [-0.2, 0) is 4.74 Å². The van der Waals surface area contributed by atoms with Gasteiger partial charge in [-0.25, -0.2) is 0 Å². The van der Waals surface area contributed by atoms with E-state index in [9.17, 15) is 0 Å². The van der Waals surface area contributed by atoms with Gasteiger partial charge in [-0.1, -0.05) is 0 Å². The van der Waals surface area contributed by atoms with Crippen molar-refractivity contribution >= 4 is 11.3 Å². The van der Waals surface area contributed by atoms with E-state index in [4.69, 9.17) is 4.74 Å². The maximum Gasteiger partial charge on any atom is 0.0480 e. The molecule has 0 aliphatic carbocycles. The third-order valence-corrected chi connectivity index (χ3v) is 3.68. The molecule has 1 aliphatic heterocycles. The number of rotatable bonds is 3. The zero-order valence-corrected chi connectivity index (χ0v) is 10.1. The van der Waals surface area contributed by atoms with Crippen LogP contribution in [0.5, 0.6) is 0 Å². The highest BCUT2D eigenvalue weighted by atomic mass is 32.1. The van der Waals surface area contributed by atoms with E-state index in [1.807, 2.05) is 0 Å². The van der Waals surface area contributed by atoms with Crippen LogP contribution in [0.3, 0.4) is 0 Å². The summed E-state index contributed by atoms with van der Waals surface area (Å²) in [5, 5.41) is 8.06. The number of nitrogens with one attached hydrogen (secondary N) is 1. The monoisotopic (exact) mass is 225 g/mol. The largest absolute Gasteiger partial charge is 0.381 e. The second-order valence-corrected chi connectivity index (χ2v) is 4.97. The van der Waals surface area contributed by atoms with E-state index >= 15 is 0 Å². The molecule has 0 spiro atoms. The van der Waals surface area contributed by atoms with Crippen molar-refractivity contribution in [3.8, 4) is 0 Å². The third-order valence-electron chi connectivity index (χ3n) is 2.98. The van der Waals surface area contributed by atoms with E-state index in [-0.39, 0.29) is 0 Å². The summed E-state index contributed by atoms with van der Waals surface area (Å²) in [4.78, 5) is 0. The average molecular weight is 225 g/mol. The highest BCUT2D eigenvalue weighted by Gasteiger charge is 2.15. The first-order valence-corrected chi connectivity index (χ1v) is 6.66. The second-order valence-electron chi connectivity index (χ2n) is 4.19. The minimum atomic E-state index is 0.472. The van der Waals surface area contributed by atoms with Crippen LogP contribution in [0.15, 0.2) is 16.8 Å². The SMILES string of the molecule is CC(NC1CCCOCC1)c1ccsc1. The highest BCUT2D eigenvalue weighted by molar-refractivity contribution is 7.07. The fourth-order valence-electron chi connectivity index (χ4n) is 2.04. The van der Waals surface area contributed by atoms with Crippen molar-refractivity contribution in [2.75, 3.05) is 13.2 Å². The summed E-state index contributed by atoms with van der Waals surface area (Å²) >= 11 is 1.77.